The fraction of sp³-hybridized carbons (Fsp3) is 0.951. The van der Waals surface area contributed by atoms with Crippen molar-refractivity contribution < 1.29 is 202 Å². The first-order valence-corrected chi connectivity index (χ1v) is 23.7. The Morgan fingerprint density at radius 1 is 0.432 bits per heavy atom. The highest BCUT2D eigenvalue weighted by atomic mass is 16.8. The number of carbonyl (C=O) groups is 2. The van der Waals surface area contributed by atoms with Gasteiger partial charge in [-0.05, 0) is 0 Å². The highest BCUT2D eigenvalue weighted by molar-refractivity contribution is 5.57. The smallest absolute Gasteiger partial charge is 0.224 e. The molecule has 0 aromatic carbocycles. The maximum Gasteiger partial charge on any atom is 0.224 e. The molecule has 4 aliphatic heterocycles. The number of ether oxygens (including phenoxy) is 5. The van der Waals surface area contributed by atoms with Gasteiger partial charge in [0.25, 0.3) is 0 Å². The fourth-order valence-corrected chi connectivity index (χ4v) is 6.48. The lowest BCUT2D eigenvalue weighted by Gasteiger charge is -2.43. The van der Waals surface area contributed by atoms with Gasteiger partial charge in [0.15, 0.2) is 25.2 Å². The Hall–Kier alpha value is -2.18. The summed E-state index contributed by atoms with van der Waals surface area (Å²) < 4.78 is 24.5. The van der Waals surface area contributed by atoms with E-state index in [1.54, 1.807) is 0 Å². The van der Waals surface area contributed by atoms with Gasteiger partial charge in [-0.1, -0.05) is 0 Å². The summed E-state index contributed by atoms with van der Waals surface area (Å²) in [5.74, 6) is -4.38. The quantitative estimate of drug-likeness (QED) is 0.0448. The third-order valence-electron chi connectivity index (χ3n) is 11.8. The third kappa shape index (κ3) is 23.6. The highest BCUT2D eigenvalue weighted by Gasteiger charge is 2.58. The van der Waals surface area contributed by atoms with Crippen molar-refractivity contribution in [3.63, 3.8) is 0 Å². The molecule has 0 spiro atoms. The van der Waals surface area contributed by atoms with Crippen LogP contribution in [0, 0.1) is 0 Å². The summed E-state index contributed by atoms with van der Waals surface area (Å²) in [6.45, 7) is -6.81. The van der Waals surface area contributed by atoms with Crippen LogP contribution in [0.3, 0.4) is 0 Å². The lowest BCUT2D eigenvalue weighted by Crippen LogP contribution is -2.62. The second kappa shape index (κ2) is 39.5. The van der Waals surface area contributed by atoms with Crippen LogP contribution in [0.25, 0.3) is 0 Å². The summed E-state index contributed by atoms with van der Waals surface area (Å²) in [6.07, 6.45) is -42.0. The van der Waals surface area contributed by atoms with Crippen molar-refractivity contribution >= 4 is 12.6 Å². The molecule has 486 valence electrons. The lowest BCUT2D eigenvalue weighted by atomic mass is 9.99. The van der Waals surface area contributed by atoms with Crippen LogP contribution in [0.15, 0.2) is 0 Å². The van der Waals surface area contributed by atoms with Gasteiger partial charge in [-0.25, -0.2) is 0 Å². The van der Waals surface area contributed by atoms with Crippen LogP contribution >= 0.6 is 0 Å². The summed E-state index contributed by atoms with van der Waals surface area (Å²) in [6, 6.07) is 0. The van der Waals surface area contributed by atoms with Crippen LogP contribution in [0.1, 0.15) is 0 Å². The Bertz CT molecular complexity index is 1570. The van der Waals surface area contributed by atoms with E-state index in [0.29, 0.717) is 0 Å². The van der Waals surface area contributed by atoms with Crippen molar-refractivity contribution in [2.75, 3.05) is 66.1 Å². The highest BCUT2D eigenvalue weighted by Crippen LogP contribution is 2.36. The maximum atomic E-state index is 10.00. The molecule has 0 bridgehead atoms. The molecule has 0 radical (unpaired) electrons. The molecule has 0 aromatic heterocycles. The van der Waals surface area contributed by atoms with Gasteiger partial charge in [0.2, 0.25) is 11.6 Å². The molecule has 40 nitrogen and oxygen atoms in total. The molecule has 4 aliphatic rings. The number of aliphatic hydroxyl groups is 33. The molecule has 4 saturated heterocycles. The van der Waals surface area contributed by atoms with Gasteiger partial charge in [0, 0.05) is 0 Å². The average Bonchev–Trinajstić information content (AvgIpc) is 3.87. The first-order valence-electron chi connectivity index (χ1n) is 23.7. The Balaban J connectivity index is 0. The summed E-state index contributed by atoms with van der Waals surface area (Å²) in [7, 11) is 0. The zero-order valence-corrected chi connectivity index (χ0v) is 42.4. The molecule has 33 N–H and O–H groups in total. The van der Waals surface area contributed by atoms with E-state index in [9.17, 15) is 45.3 Å². The molecule has 0 aromatic rings. The molecule has 0 amide bonds. The second-order valence-electron chi connectivity index (χ2n) is 17.8. The Morgan fingerprint density at radius 3 is 1.10 bits per heavy atom. The van der Waals surface area contributed by atoms with Crippen molar-refractivity contribution in [1.29, 1.82) is 0 Å². The summed E-state index contributed by atoms with van der Waals surface area (Å²) >= 11 is 0. The minimum absolute atomic E-state index is 0.0258. The number of aliphatic hydroxyl groups excluding tert-OH is 32. The Kier molecular flexibility index (Phi) is 39.4. The van der Waals surface area contributed by atoms with Crippen molar-refractivity contribution in [3.8, 4) is 0 Å². The number of rotatable bonds is 22. The van der Waals surface area contributed by atoms with E-state index in [-0.39, 0.29) is 19.2 Å². The minimum atomic E-state index is -2.22. The van der Waals surface area contributed by atoms with E-state index in [1.807, 2.05) is 0 Å². The molecular formula is C41H82O40. The minimum Gasteiger partial charge on any atom is -0.394 e. The Labute approximate surface area is 456 Å². The summed E-state index contributed by atoms with van der Waals surface area (Å²) in [5, 5.41) is 296. The van der Waals surface area contributed by atoms with Crippen molar-refractivity contribution in [1.82, 2.24) is 0 Å². The van der Waals surface area contributed by atoms with E-state index in [1.165, 1.54) is 0 Å². The van der Waals surface area contributed by atoms with Gasteiger partial charge in [-0.15, -0.1) is 0 Å². The van der Waals surface area contributed by atoms with Gasteiger partial charge in [-0.3, -0.25) is 0 Å². The lowest BCUT2D eigenvalue weighted by molar-refractivity contribution is -0.383. The van der Waals surface area contributed by atoms with E-state index >= 15 is 0 Å². The normalized spacial score (nSPS) is 37.2. The van der Waals surface area contributed by atoms with Crippen LogP contribution in [0.2, 0.25) is 0 Å². The molecule has 81 heavy (non-hydrogen) atoms. The number of aldehydes is 2. The zero-order chi connectivity index (χ0) is 63.6. The van der Waals surface area contributed by atoms with Crippen LogP contribution in [-0.4, -0.2) is 424 Å². The number of hydrogen-bond acceptors (Lipinski definition) is 40. The first kappa shape index (κ1) is 80.9. The maximum absolute atomic E-state index is 10.00. The van der Waals surface area contributed by atoms with Crippen molar-refractivity contribution in [2.45, 2.75) is 177 Å². The van der Waals surface area contributed by atoms with Crippen molar-refractivity contribution in [2.24, 2.45) is 0 Å². The van der Waals surface area contributed by atoms with Crippen LogP contribution < -0.4 is 0 Å². The van der Waals surface area contributed by atoms with E-state index < -0.39 is 236 Å². The molecule has 4 fully saturated rings. The average molecular weight is 1220 g/mol. The van der Waals surface area contributed by atoms with Crippen LogP contribution in [0.4, 0.5) is 0 Å². The third-order valence-corrected chi connectivity index (χ3v) is 11.8. The standard InChI is InChI=1S/C12H22O11.C6H12O6.C6H14O6.2C6H12O6.C5H10O5/c13-1-4-6(16)8(18)9(19)11(21-4)23-12(3-15)10(20)7(17)5(2-14)22-12;7-1-3-4(9)5(10)6(11,2-8)12-3;3*7-1-3(9)5(11)6(12)4(10)2-8;6-2-1-10-5(9)4(8)3(2)7/h4-11,13-20H,1-3H2;3-5,7-11H,1-2H2;3-12H,1-2H2;2*1,3-6,8-12H,2H2;2-9H,1H2/t4-,5-,6-,7-,8+,9-,10+,11-,12+;3-,4-,5+,6-;3-,4+,5-,6-;3-,4+,5+,6+;3-,4-,5-,6-;2-,3+,4-,5?/m111011/s1. The number of hydrogen-bond donors (Lipinski definition) is 33. The van der Waals surface area contributed by atoms with E-state index in [4.69, 9.17) is 147 Å². The molecule has 4 heterocycles. The molecule has 0 aliphatic carbocycles. The van der Waals surface area contributed by atoms with E-state index in [0.717, 1.165) is 0 Å². The summed E-state index contributed by atoms with van der Waals surface area (Å²) in [4.78, 5) is 19.8. The van der Waals surface area contributed by atoms with Gasteiger partial charge < -0.3 is 202 Å². The van der Waals surface area contributed by atoms with E-state index in [2.05, 4.69) is 9.47 Å². The zero-order valence-electron chi connectivity index (χ0n) is 42.4. The van der Waals surface area contributed by atoms with Crippen LogP contribution in [-0.2, 0) is 33.3 Å². The fourth-order valence-electron chi connectivity index (χ4n) is 6.48. The largest absolute Gasteiger partial charge is 0.394 e. The van der Waals surface area contributed by atoms with Crippen LogP contribution in [0.5, 0.6) is 0 Å². The number of carbonyl (C=O) groups excluding carboxylic acids is 2. The topological polar surface area (TPSA) is 748 Å². The molecule has 0 saturated carbocycles. The molecule has 29 atom stereocenters. The predicted octanol–water partition coefficient (Wildman–Crippen LogP) is -21.5. The van der Waals surface area contributed by atoms with Gasteiger partial charge in [0.05, 0.1) is 59.5 Å². The second-order valence-corrected chi connectivity index (χ2v) is 17.8. The van der Waals surface area contributed by atoms with Gasteiger partial charge in [0.1, 0.15) is 159 Å². The monoisotopic (exact) mass is 1210 g/mol. The molecule has 4 rings (SSSR count). The van der Waals surface area contributed by atoms with Crippen molar-refractivity contribution in [3.05, 3.63) is 0 Å². The van der Waals surface area contributed by atoms with Gasteiger partial charge in [-0.2, -0.15) is 0 Å². The molecule has 40 heteroatoms. The first-order chi connectivity index (χ1) is 37.6. The summed E-state index contributed by atoms with van der Waals surface area (Å²) in [5.41, 5.74) is 0. The Morgan fingerprint density at radius 2 is 0.802 bits per heavy atom. The SMILES string of the molecule is O=C[C@@H](O)[C@@H](O)[C@H](O)[C@H](O)CO.O=C[C@H](O)[C@@H](O)[C@H](O)[C@H](O)CO.OC1OC[C@@H](O)[C@H](O)[C@H]1O.OC[C@@H](O)[C@@H](O)[C@H](O)[C@@H](O)CO.OC[C@H]1O[C@@](CO)(O[C@H]2O[C@H](CO)[C@@H](O)[C@H](O)[C@H]2O)[C@@H](O)[C@@H]1O.OC[C@H]1O[C@](O)(CO)[C@@H](O)[C@@H]1O. The molecule has 1 unspecified atom stereocenters. The molecular weight excluding hydrogens is 1130 g/mol. The predicted molar refractivity (Wildman–Crippen MR) is 247 cm³/mol. The van der Waals surface area contributed by atoms with Gasteiger partial charge >= 0.3 is 0 Å².